The van der Waals surface area contributed by atoms with Gasteiger partial charge in [-0.15, -0.1) is 11.3 Å². The number of ketones is 1. The summed E-state index contributed by atoms with van der Waals surface area (Å²) in [5.41, 5.74) is 1.37. The van der Waals surface area contributed by atoms with E-state index < -0.39 is 0 Å². The molecule has 122 valence electrons. The van der Waals surface area contributed by atoms with E-state index >= 15 is 0 Å². The highest BCUT2D eigenvalue weighted by molar-refractivity contribution is 7.13. The van der Waals surface area contributed by atoms with Crippen molar-refractivity contribution in [2.75, 3.05) is 5.32 Å². The van der Waals surface area contributed by atoms with Gasteiger partial charge in [0.25, 0.3) is 5.56 Å². The molecule has 0 bridgehead atoms. The van der Waals surface area contributed by atoms with Crippen molar-refractivity contribution < 1.29 is 4.79 Å². The molecule has 0 aliphatic heterocycles. The molecule has 3 rings (SSSR count). The van der Waals surface area contributed by atoms with Crippen molar-refractivity contribution in [1.82, 2.24) is 14.8 Å². The first-order valence-electron chi connectivity index (χ1n) is 7.48. The van der Waals surface area contributed by atoms with E-state index in [1.54, 1.807) is 24.5 Å². The molecule has 3 aromatic heterocycles. The minimum atomic E-state index is -0.327. The number of nitrogens with one attached hydrogen (secondary N) is 1. The van der Waals surface area contributed by atoms with Gasteiger partial charge >= 0.3 is 0 Å². The van der Waals surface area contributed by atoms with Gasteiger partial charge in [-0.25, -0.2) is 4.68 Å². The number of Topliss-reactive ketones (excluding diaryl/α,β-unsaturated/α-hetero) is 1. The van der Waals surface area contributed by atoms with Gasteiger partial charge < -0.3 is 5.32 Å². The molecule has 0 aliphatic carbocycles. The van der Waals surface area contributed by atoms with Crippen LogP contribution in [0, 0.1) is 0 Å². The predicted octanol–water partition coefficient (Wildman–Crippen LogP) is 3.33. The fraction of sp³-hybridized carbons (Fsp3) is 0.176. The lowest BCUT2D eigenvalue weighted by atomic mass is 10.1. The second kappa shape index (κ2) is 6.76. The van der Waals surface area contributed by atoms with Crippen molar-refractivity contribution in [1.29, 1.82) is 0 Å². The highest BCUT2D eigenvalue weighted by Crippen LogP contribution is 2.30. The van der Waals surface area contributed by atoms with Crippen molar-refractivity contribution in [3.63, 3.8) is 0 Å². The van der Waals surface area contributed by atoms with E-state index in [0.717, 1.165) is 4.88 Å². The standard InChI is InChI=1S/C17H16N4O2S/c1-3-21-17(23)16(19-12-6-4-8-18-10-12)14(11(2)22)15(20-21)13-7-5-9-24-13/h4-10,19H,3H2,1-2H3. The summed E-state index contributed by atoms with van der Waals surface area (Å²) >= 11 is 1.48. The monoisotopic (exact) mass is 340 g/mol. The van der Waals surface area contributed by atoms with Gasteiger partial charge in [0.2, 0.25) is 0 Å². The summed E-state index contributed by atoms with van der Waals surface area (Å²) in [5.74, 6) is -0.211. The summed E-state index contributed by atoms with van der Waals surface area (Å²) in [7, 11) is 0. The SMILES string of the molecule is CCn1nc(-c2cccs2)c(C(C)=O)c(Nc2cccnc2)c1=O. The first-order chi connectivity index (χ1) is 11.6. The average Bonchev–Trinajstić information content (AvgIpc) is 3.11. The van der Waals surface area contributed by atoms with Crippen LogP contribution in [-0.2, 0) is 6.54 Å². The van der Waals surface area contributed by atoms with E-state index in [1.807, 2.05) is 24.4 Å². The molecule has 0 radical (unpaired) electrons. The second-order valence-electron chi connectivity index (χ2n) is 5.12. The van der Waals surface area contributed by atoms with E-state index in [-0.39, 0.29) is 17.0 Å². The summed E-state index contributed by atoms with van der Waals surface area (Å²) in [6.07, 6.45) is 3.25. The number of hydrogen-bond acceptors (Lipinski definition) is 6. The third-order valence-electron chi connectivity index (χ3n) is 3.49. The lowest BCUT2D eigenvalue weighted by molar-refractivity contribution is 0.101. The Bertz CT molecular complexity index is 918. The van der Waals surface area contributed by atoms with Gasteiger partial charge in [0.1, 0.15) is 11.4 Å². The molecule has 3 aromatic rings. The van der Waals surface area contributed by atoms with Crippen molar-refractivity contribution in [3.8, 4) is 10.6 Å². The Balaban J connectivity index is 2.27. The summed E-state index contributed by atoms with van der Waals surface area (Å²) in [6, 6.07) is 7.33. The van der Waals surface area contributed by atoms with Gasteiger partial charge in [0.15, 0.2) is 5.78 Å². The van der Waals surface area contributed by atoms with Crippen LogP contribution in [0.2, 0.25) is 0 Å². The minimum absolute atomic E-state index is 0.211. The lowest BCUT2D eigenvalue weighted by Crippen LogP contribution is -2.28. The van der Waals surface area contributed by atoms with Crippen LogP contribution < -0.4 is 10.9 Å². The zero-order chi connectivity index (χ0) is 17.1. The fourth-order valence-corrected chi connectivity index (χ4v) is 3.13. The smallest absolute Gasteiger partial charge is 0.291 e. The zero-order valence-electron chi connectivity index (χ0n) is 13.3. The molecule has 1 N–H and O–H groups in total. The molecule has 0 unspecified atom stereocenters. The number of carbonyl (C=O) groups is 1. The average molecular weight is 340 g/mol. The molecule has 3 heterocycles. The number of thiophene rings is 1. The van der Waals surface area contributed by atoms with Crippen LogP contribution >= 0.6 is 11.3 Å². The Morgan fingerprint density at radius 3 is 2.75 bits per heavy atom. The first kappa shape index (κ1) is 16.1. The molecule has 0 amide bonds. The van der Waals surface area contributed by atoms with Crippen LogP contribution in [0.4, 0.5) is 11.4 Å². The topological polar surface area (TPSA) is 76.9 Å². The number of anilines is 2. The van der Waals surface area contributed by atoms with Gasteiger partial charge in [-0.3, -0.25) is 14.6 Å². The van der Waals surface area contributed by atoms with Gasteiger partial charge in [-0.05, 0) is 37.4 Å². The molecule has 0 saturated carbocycles. The van der Waals surface area contributed by atoms with E-state index in [0.29, 0.717) is 23.5 Å². The summed E-state index contributed by atoms with van der Waals surface area (Å²) in [4.78, 5) is 29.9. The number of hydrogen-bond donors (Lipinski definition) is 1. The number of pyridine rings is 1. The van der Waals surface area contributed by atoms with Crippen molar-refractivity contribution >= 4 is 28.5 Å². The Morgan fingerprint density at radius 1 is 1.33 bits per heavy atom. The second-order valence-corrected chi connectivity index (χ2v) is 6.07. The highest BCUT2D eigenvalue weighted by atomic mass is 32.1. The largest absolute Gasteiger partial charge is 0.349 e. The van der Waals surface area contributed by atoms with Gasteiger partial charge in [0.05, 0.1) is 22.3 Å². The highest BCUT2D eigenvalue weighted by Gasteiger charge is 2.22. The normalized spacial score (nSPS) is 10.6. The summed E-state index contributed by atoms with van der Waals surface area (Å²) < 4.78 is 1.36. The number of aryl methyl sites for hydroxylation is 1. The Kier molecular flexibility index (Phi) is 4.52. The molecule has 0 aliphatic rings. The van der Waals surface area contributed by atoms with Crippen LogP contribution in [0.1, 0.15) is 24.2 Å². The Morgan fingerprint density at radius 2 is 2.17 bits per heavy atom. The third kappa shape index (κ3) is 2.98. The maximum Gasteiger partial charge on any atom is 0.291 e. The van der Waals surface area contributed by atoms with E-state index in [2.05, 4.69) is 15.4 Å². The van der Waals surface area contributed by atoms with Crippen LogP contribution in [0.15, 0.2) is 46.8 Å². The van der Waals surface area contributed by atoms with E-state index in [4.69, 9.17) is 0 Å². The quantitative estimate of drug-likeness (QED) is 0.721. The number of carbonyl (C=O) groups excluding carboxylic acids is 1. The number of aromatic nitrogens is 3. The van der Waals surface area contributed by atoms with Crippen LogP contribution in [0.3, 0.4) is 0 Å². The van der Waals surface area contributed by atoms with Crippen LogP contribution in [-0.4, -0.2) is 20.5 Å². The number of nitrogens with zero attached hydrogens (tertiary/aromatic N) is 3. The summed E-state index contributed by atoms with van der Waals surface area (Å²) in [6.45, 7) is 3.70. The molecule has 7 heteroatoms. The molecule has 6 nitrogen and oxygen atoms in total. The molecule has 0 saturated heterocycles. The Hall–Kier alpha value is -2.80. The first-order valence-corrected chi connectivity index (χ1v) is 8.36. The third-order valence-corrected chi connectivity index (χ3v) is 4.37. The van der Waals surface area contributed by atoms with E-state index in [1.165, 1.54) is 22.9 Å². The maximum absolute atomic E-state index is 12.7. The van der Waals surface area contributed by atoms with Crippen LogP contribution in [0.25, 0.3) is 10.6 Å². The molecular weight excluding hydrogens is 324 g/mol. The molecule has 0 aromatic carbocycles. The molecule has 24 heavy (non-hydrogen) atoms. The minimum Gasteiger partial charge on any atom is -0.349 e. The maximum atomic E-state index is 12.7. The van der Waals surface area contributed by atoms with Crippen molar-refractivity contribution in [2.24, 2.45) is 0 Å². The zero-order valence-corrected chi connectivity index (χ0v) is 14.1. The van der Waals surface area contributed by atoms with Crippen LogP contribution in [0.5, 0.6) is 0 Å². The fourth-order valence-electron chi connectivity index (χ4n) is 2.41. The van der Waals surface area contributed by atoms with Gasteiger partial charge in [-0.2, -0.15) is 5.10 Å². The molecule has 0 spiro atoms. The van der Waals surface area contributed by atoms with Gasteiger partial charge in [-0.1, -0.05) is 6.07 Å². The predicted molar refractivity (Wildman–Crippen MR) is 95.0 cm³/mol. The Labute approximate surface area is 142 Å². The van der Waals surface area contributed by atoms with E-state index in [9.17, 15) is 9.59 Å². The van der Waals surface area contributed by atoms with Crippen molar-refractivity contribution in [2.45, 2.75) is 20.4 Å². The molecule has 0 fully saturated rings. The molecule has 0 atom stereocenters. The molecular formula is C17H16N4O2S. The van der Waals surface area contributed by atoms with Crippen molar-refractivity contribution in [3.05, 3.63) is 58.0 Å². The summed E-state index contributed by atoms with van der Waals surface area (Å²) in [5, 5.41) is 9.36. The number of rotatable bonds is 5. The van der Waals surface area contributed by atoms with Gasteiger partial charge in [0, 0.05) is 12.7 Å². The lowest BCUT2D eigenvalue weighted by Gasteiger charge is -2.15.